The maximum atomic E-state index is 12.1. The lowest BCUT2D eigenvalue weighted by atomic mass is 10.2. The normalized spacial score (nSPS) is 11.0. The van der Waals surface area contributed by atoms with Crippen LogP contribution in [-0.4, -0.2) is 27.1 Å². The Balaban J connectivity index is 2.01. The Bertz CT molecular complexity index is 789. The van der Waals surface area contributed by atoms with Crippen LogP contribution in [0.4, 0.5) is 5.69 Å². The number of hydrogen-bond donors (Lipinski definition) is 2. The van der Waals surface area contributed by atoms with Crippen molar-refractivity contribution in [2.24, 2.45) is 0 Å². The first-order valence-corrected chi connectivity index (χ1v) is 9.00. The summed E-state index contributed by atoms with van der Waals surface area (Å²) in [4.78, 5) is 11.4. The summed E-state index contributed by atoms with van der Waals surface area (Å²) in [6.07, 6.45) is 0.325. The zero-order valence-corrected chi connectivity index (χ0v) is 14.1. The van der Waals surface area contributed by atoms with E-state index in [-0.39, 0.29) is 11.7 Å². The van der Waals surface area contributed by atoms with Crippen molar-refractivity contribution in [1.29, 1.82) is 0 Å². The fourth-order valence-corrected chi connectivity index (χ4v) is 3.33. The standard InChI is InChI=1S/C16H17ClN2O3S/c1-18-16(20)13-6-8-14(9-7-13)19-23(21,22)11-10-12-4-2-3-5-15(12)17/h2-9,19H,10-11H2,1H3,(H,18,20). The first-order chi connectivity index (χ1) is 10.9. The molecule has 0 aliphatic rings. The van der Waals surface area contributed by atoms with Crippen LogP contribution in [0.1, 0.15) is 15.9 Å². The minimum Gasteiger partial charge on any atom is -0.355 e. The van der Waals surface area contributed by atoms with E-state index in [1.807, 2.05) is 6.07 Å². The largest absolute Gasteiger partial charge is 0.355 e. The topological polar surface area (TPSA) is 75.3 Å². The molecule has 0 atom stereocenters. The molecule has 0 heterocycles. The monoisotopic (exact) mass is 352 g/mol. The molecule has 0 aliphatic carbocycles. The van der Waals surface area contributed by atoms with E-state index < -0.39 is 10.0 Å². The second-order valence-electron chi connectivity index (χ2n) is 4.92. The van der Waals surface area contributed by atoms with Gasteiger partial charge in [0.2, 0.25) is 10.0 Å². The van der Waals surface area contributed by atoms with E-state index in [4.69, 9.17) is 11.6 Å². The van der Waals surface area contributed by atoms with Gasteiger partial charge in [-0.05, 0) is 42.3 Å². The van der Waals surface area contributed by atoms with Crippen LogP contribution in [0.3, 0.4) is 0 Å². The lowest BCUT2D eigenvalue weighted by Crippen LogP contribution is -2.19. The number of sulfonamides is 1. The van der Waals surface area contributed by atoms with Gasteiger partial charge in [-0.25, -0.2) is 8.42 Å². The molecule has 0 radical (unpaired) electrons. The smallest absolute Gasteiger partial charge is 0.251 e. The molecule has 1 amide bonds. The number of amides is 1. The summed E-state index contributed by atoms with van der Waals surface area (Å²) in [6, 6.07) is 13.4. The molecule has 0 spiro atoms. The highest BCUT2D eigenvalue weighted by atomic mass is 35.5. The molecule has 2 aromatic carbocycles. The first kappa shape index (κ1) is 17.3. The van der Waals surface area contributed by atoms with Crippen LogP contribution in [0.5, 0.6) is 0 Å². The maximum absolute atomic E-state index is 12.1. The molecule has 2 aromatic rings. The summed E-state index contributed by atoms with van der Waals surface area (Å²) in [6.45, 7) is 0. The van der Waals surface area contributed by atoms with Gasteiger partial charge in [-0.3, -0.25) is 9.52 Å². The van der Waals surface area contributed by atoms with E-state index in [1.54, 1.807) is 42.5 Å². The molecular formula is C16H17ClN2O3S. The van der Waals surface area contributed by atoms with Crippen LogP contribution in [0.25, 0.3) is 0 Å². The molecule has 0 aromatic heterocycles. The number of aryl methyl sites for hydroxylation is 1. The van der Waals surface area contributed by atoms with Gasteiger partial charge in [0.15, 0.2) is 0 Å². The summed E-state index contributed by atoms with van der Waals surface area (Å²) in [5, 5.41) is 3.06. The predicted molar refractivity (Wildman–Crippen MR) is 92.4 cm³/mol. The highest BCUT2D eigenvalue weighted by Crippen LogP contribution is 2.17. The Labute approximate surface area is 140 Å². The van der Waals surface area contributed by atoms with Crippen molar-refractivity contribution < 1.29 is 13.2 Å². The first-order valence-electron chi connectivity index (χ1n) is 6.97. The Kier molecular flexibility index (Phi) is 5.63. The number of nitrogens with one attached hydrogen (secondary N) is 2. The van der Waals surface area contributed by atoms with E-state index in [1.165, 1.54) is 7.05 Å². The molecule has 2 N–H and O–H groups in total. The van der Waals surface area contributed by atoms with Crippen molar-refractivity contribution in [3.8, 4) is 0 Å². The molecule has 7 heteroatoms. The van der Waals surface area contributed by atoms with Gasteiger partial charge in [-0.15, -0.1) is 0 Å². The average Bonchev–Trinajstić information content (AvgIpc) is 2.54. The highest BCUT2D eigenvalue weighted by Gasteiger charge is 2.12. The van der Waals surface area contributed by atoms with Gasteiger partial charge < -0.3 is 5.32 Å². The van der Waals surface area contributed by atoms with Crippen LogP contribution in [0, 0.1) is 0 Å². The third kappa shape index (κ3) is 4.97. The lowest BCUT2D eigenvalue weighted by Gasteiger charge is -2.09. The van der Waals surface area contributed by atoms with E-state index in [0.29, 0.717) is 22.7 Å². The Morgan fingerprint density at radius 3 is 2.35 bits per heavy atom. The van der Waals surface area contributed by atoms with E-state index in [2.05, 4.69) is 10.0 Å². The third-order valence-electron chi connectivity index (χ3n) is 3.25. The summed E-state index contributed by atoms with van der Waals surface area (Å²) >= 11 is 6.02. The second kappa shape index (κ2) is 7.48. The van der Waals surface area contributed by atoms with Crippen molar-refractivity contribution in [3.05, 3.63) is 64.7 Å². The van der Waals surface area contributed by atoms with Crippen molar-refractivity contribution in [2.75, 3.05) is 17.5 Å². The molecule has 0 unspecified atom stereocenters. The quantitative estimate of drug-likeness (QED) is 0.839. The molecule has 5 nitrogen and oxygen atoms in total. The van der Waals surface area contributed by atoms with Crippen molar-refractivity contribution in [1.82, 2.24) is 5.32 Å². The summed E-state index contributed by atoms with van der Waals surface area (Å²) < 4.78 is 26.7. The van der Waals surface area contributed by atoms with Gasteiger partial charge in [0.05, 0.1) is 5.75 Å². The molecule has 0 saturated heterocycles. The summed E-state index contributed by atoms with van der Waals surface area (Å²) in [5.74, 6) is -0.299. The Hall–Kier alpha value is -2.05. The Morgan fingerprint density at radius 2 is 1.74 bits per heavy atom. The van der Waals surface area contributed by atoms with Crippen molar-refractivity contribution in [3.63, 3.8) is 0 Å². The fraction of sp³-hybridized carbons (Fsp3) is 0.188. The number of hydrogen-bond acceptors (Lipinski definition) is 3. The summed E-state index contributed by atoms with van der Waals surface area (Å²) in [7, 11) is -1.96. The van der Waals surface area contributed by atoms with Crippen LogP contribution < -0.4 is 10.0 Å². The minimum atomic E-state index is -3.50. The third-order valence-corrected chi connectivity index (χ3v) is 4.90. The predicted octanol–water partition coefficient (Wildman–Crippen LogP) is 2.68. The van der Waals surface area contributed by atoms with Crippen LogP contribution >= 0.6 is 11.6 Å². The maximum Gasteiger partial charge on any atom is 0.251 e. The van der Waals surface area contributed by atoms with Gasteiger partial charge in [0.1, 0.15) is 0 Å². The van der Waals surface area contributed by atoms with Gasteiger partial charge in [0.25, 0.3) is 5.91 Å². The fourth-order valence-electron chi connectivity index (χ4n) is 2.01. The number of carbonyl (C=O) groups excluding carboxylic acids is 1. The van der Waals surface area contributed by atoms with Crippen LogP contribution in [-0.2, 0) is 16.4 Å². The number of benzene rings is 2. The average molecular weight is 353 g/mol. The van der Waals surface area contributed by atoms with E-state index >= 15 is 0 Å². The molecule has 0 bridgehead atoms. The SMILES string of the molecule is CNC(=O)c1ccc(NS(=O)(=O)CCc2ccccc2Cl)cc1. The number of rotatable bonds is 6. The highest BCUT2D eigenvalue weighted by molar-refractivity contribution is 7.92. The molecule has 0 saturated carbocycles. The Morgan fingerprint density at radius 1 is 1.09 bits per heavy atom. The van der Waals surface area contributed by atoms with Gasteiger partial charge in [-0.2, -0.15) is 0 Å². The zero-order chi connectivity index (χ0) is 16.9. The van der Waals surface area contributed by atoms with E-state index in [0.717, 1.165) is 5.56 Å². The van der Waals surface area contributed by atoms with Crippen LogP contribution in [0.15, 0.2) is 48.5 Å². The molecular weight excluding hydrogens is 336 g/mol. The van der Waals surface area contributed by atoms with E-state index in [9.17, 15) is 13.2 Å². The molecule has 2 rings (SSSR count). The molecule has 23 heavy (non-hydrogen) atoms. The molecule has 122 valence electrons. The molecule has 0 aliphatic heterocycles. The van der Waals surface area contributed by atoms with Gasteiger partial charge in [0, 0.05) is 23.3 Å². The van der Waals surface area contributed by atoms with Crippen molar-refractivity contribution in [2.45, 2.75) is 6.42 Å². The lowest BCUT2D eigenvalue weighted by molar-refractivity contribution is 0.0963. The van der Waals surface area contributed by atoms with Gasteiger partial charge in [-0.1, -0.05) is 29.8 Å². The number of anilines is 1. The number of halogens is 1. The number of carbonyl (C=O) groups is 1. The van der Waals surface area contributed by atoms with Crippen molar-refractivity contribution >= 4 is 33.2 Å². The minimum absolute atomic E-state index is 0.0755. The van der Waals surface area contributed by atoms with Crippen LogP contribution in [0.2, 0.25) is 5.02 Å². The summed E-state index contributed by atoms with van der Waals surface area (Å²) in [5.41, 5.74) is 1.66. The molecule has 0 fully saturated rings. The van der Waals surface area contributed by atoms with Gasteiger partial charge >= 0.3 is 0 Å². The second-order valence-corrected chi connectivity index (χ2v) is 7.17. The zero-order valence-electron chi connectivity index (χ0n) is 12.5.